The highest BCUT2D eigenvalue weighted by atomic mass is 16.5. The normalized spacial score (nSPS) is 10.3. The number of esters is 2. The first-order chi connectivity index (χ1) is 13.3. The van der Waals surface area contributed by atoms with Crippen LogP contribution in [-0.2, 0) is 9.47 Å². The summed E-state index contributed by atoms with van der Waals surface area (Å²) in [5.41, 5.74) is 1.66. The molecule has 0 saturated carbocycles. The molecule has 2 aromatic rings. The summed E-state index contributed by atoms with van der Waals surface area (Å²) in [6.45, 7) is 4.75. The lowest BCUT2D eigenvalue weighted by atomic mass is 10.1. The van der Waals surface area contributed by atoms with Crippen LogP contribution in [0.2, 0.25) is 0 Å². The van der Waals surface area contributed by atoms with Crippen LogP contribution in [0.25, 0.3) is 0 Å². The van der Waals surface area contributed by atoms with E-state index in [0.717, 1.165) is 0 Å². The summed E-state index contributed by atoms with van der Waals surface area (Å²) in [6.07, 6.45) is 0. The predicted molar refractivity (Wildman–Crippen MR) is 100 cm³/mol. The maximum absolute atomic E-state index is 12.5. The Morgan fingerprint density at radius 2 is 1.71 bits per heavy atom. The molecule has 0 fully saturated rings. The lowest BCUT2D eigenvalue weighted by Gasteiger charge is -2.10. The van der Waals surface area contributed by atoms with Crippen molar-refractivity contribution in [2.45, 2.75) is 20.8 Å². The van der Waals surface area contributed by atoms with Gasteiger partial charge in [0.15, 0.2) is 6.61 Å². The molecular weight excluding hydrogens is 366 g/mol. The first-order valence-electron chi connectivity index (χ1n) is 8.62. The number of nitrogens with one attached hydrogen (secondary N) is 1. The van der Waals surface area contributed by atoms with E-state index in [1.165, 1.54) is 20.3 Å². The lowest BCUT2D eigenvalue weighted by molar-refractivity contribution is 0.0469. The van der Waals surface area contributed by atoms with Crippen molar-refractivity contribution >= 4 is 17.7 Å². The molecule has 8 heteroatoms. The molecule has 0 aliphatic carbocycles. The van der Waals surface area contributed by atoms with Gasteiger partial charge in [0.2, 0.25) is 5.78 Å². The number of ketones is 1. The number of rotatable bonds is 8. The molecule has 0 aliphatic rings. The van der Waals surface area contributed by atoms with E-state index in [2.05, 4.69) is 4.98 Å². The van der Waals surface area contributed by atoms with Crippen molar-refractivity contribution in [1.82, 2.24) is 4.98 Å². The average molecular weight is 389 g/mol. The van der Waals surface area contributed by atoms with Gasteiger partial charge in [-0.05, 0) is 38.5 Å². The molecule has 0 amide bonds. The van der Waals surface area contributed by atoms with Crippen molar-refractivity contribution in [3.05, 3.63) is 46.3 Å². The van der Waals surface area contributed by atoms with Gasteiger partial charge in [0.05, 0.1) is 32.1 Å². The molecule has 150 valence electrons. The summed E-state index contributed by atoms with van der Waals surface area (Å²) < 4.78 is 20.4. The third-order valence-electron chi connectivity index (χ3n) is 4.16. The number of ether oxygens (including phenoxy) is 4. The zero-order chi connectivity index (χ0) is 20.8. The van der Waals surface area contributed by atoms with Crippen LogP contribution in [0.1, 0.15) is 49.4 Å². The molecule has 0 radical (unpaired) electrons. The second kappa shape index (κ2) is 9.07. The summed E-state index contributed by atoms with van der Waals surface area (Å²) in [5, 5.41) is 0. The summed E-state index contributed by atoms with van der Waals surface area (Å²) in [6, 6.07) is 4.63. The van der Waals surface area contributed by atoms with Crippen LogP contribution < -0.4 is 9.47 Å². The number of carbonyl (C=O) groups excluding carboxylic acids is 3. The quantitative estimate of drug-likeness (QED) is 0.547. The van der Waals surface area contributed by atoms with Gasteiger partial charge in [0.25, 0.3) is 0 Å². The molecule has 0 saturated heterocycles. The van der Waals surface area contributed by atoms with E-state index in [1.807, 2.05) is 0 Å². The van der Waals surface area contributed by atoms with Gasteiger partial charge in [-0.3, -0.25) is 4.79 Å². The van der Waals surface area contributed by atoms with E-state index in [0.29, 0.717) is 22.6 Å². The Labute approximate surface area is 162 Å². The summed E-state index contributed by atoms with van der Waals surface area (Å²) >= 11 is 0. The molecule has 8 nitrogen and oxygen atoms in total. The van der Waals surface area contributed by atoms with E-state index in [-0.39, 0.29) is 23.6 Å². The minimum atomic E-state index is -0.709. The Hall–Kier alpha value is -3.29. The number of Topliss-reactive ketones (excluding diaryl/α,β-unsaturated/α-hetero) is 1. The Morgan fingerprint density at radius 1 is 1.00 bits per heavy atom. The van der Waals surface area contributed by atoms with Gasteiger partial charge in [0, 0.05) is 11.8 Å². The van der Waals surface area contributed by atoms with Crippen molar-refractivity contribution in [3.63, 3.8) is 0 Å². The largest absolute Gasteiger partial charge is 0.497 e. The first-order valence-corrected chi connectivity index (χ1v) is 8.62. The number of benzene rings is 1. The smallest absolute Gasteiger partial charge is 0.342 e. The second-order valence-corrected chi connectivity index (χ2v) is 5.91. The molecular formula is C20H23NO7. The van der Waals surface area contributed by atoms with E-state index in [4.69, 9.17) is 18.9 Å². The Morgan fingerprint density at radius 3 is 2.32 bits per heavy atom. The van der Waals surface area contributed by atoms with Gasteiger partial charge in [-0.1, -0.05) is 0 Å². The van der Waals surface area contributed by atoms with Crippen LogP contribution in [0.3, 0.4) is 0 Å². The highest BCUT2D eigenvalue weighted by molar-refractivity contribution is 6.03. The number of aromatic nitrogens is 1. The molecule has 0 atom stereocenters. The second-order valence-electron chi connectivity index (χ2n) is 5.91. The van der Waals surface area contributed by atoms with Crippen LogP contribution in [-0.4, -0.2) is 50.1 Å². The van der Waals surface area contributed by atoms with E-state index in [9.17, 15) is 14.4 Å². The number of aromatic amines is 1. The van der Waals surface area contributed by atoms with Crippen molar-refractivity contribution in [2.24, 2.45) is 0 Å². The fourth-order valence-electron chi connectivity index (χ4n) is 2.79. The van der Waals surface area contributed by atoms with Crippen LogP contribution >= 0.6 is 0 Å². The SMILES string of the molecule is CCOC(=O)c1c(C)[nH]c(C(=O)COC(=O)c2ccc(OC)cc2OC)c1C. The Kier molecular flexibility index (Phi) is 6.81. The third-order valence-corrected chi connectivity index (χ3v) is 4.16. The summed E-state index contributed by atoms with van der Waals surface area (Å²) in [4.78, 5) is 39.7. The van der Waals surface area contributed by atoms with Gasteiger partial charge in [0.1, 0.15) is 17.1 Å². The minimum Gasteiger partial charge on any atom is -0.497 e. The monoisotopic (exact) mass is 389 g/mol. The van der Waals surface area contributed by atoms with E-state index in [1.54, 1.807) is 32.9 Å². The zero-order valence-electron chi connectivity index (χ0n) is 16.5. The Balaban J connectivity index is 2.13. The summed E-state index contributed by atoms with van der Waals surface area (Å²) in [5.74, 6) is -0.883. The zero-order valence-corrected chi connectivity index (χ0v) is 16.5. The van der Waals surface area contributed by atoms with E-state index < -0.39 is 24.3 Å². The van der Waals surface area contributed by atoms with Gasteiger partial charge in [-0.25, -0.2) is 9.59 Å². The standard InChI is InChI=1S/C20H23NO7/c1-6-27-20(24)17-11(2)18(21-12(17)3)15(22)10-28-19(23)14-8-7-13(25-4)9-16(14)26-5/h7-9,21H,6,10H2,1-5H3. The van der Waals surface area contributed by atoms with Gasteiger partial charge >= 0.3 is 11.9 Å². The van der Waals surface area contributed by atoms with Crippen molar-refractivity contribution in [2.75, 3.05) is 27.4 Å². The summed E-state index contributed by atoms with van der Waals surface area (Å²) in [7, 11) is 2.91. The predicted octanol–water partition coefficient (Wildman–Crippen LogP) is 2.87. The molecule has 0 spiro atoms. The number of hydrogen-bond donors (Lipinski definition) is 1. The van der Waals surface area contributed by atoms with E-state index >= 15 is 0 Å². The molecule has 2 rings (SSSR count). The van der Waals surface area contributed by atoms with Gasteiger partial charge in [-0.2, -0.15) is 0 Å². The average Bonchev–Trinajstić information content (AvgIpc) is 2.99. The molecule has 28 heavy (non-hydrogen) atoms. The van der Waals surface area contributed by atoms with Crippen LogP contribution in [0.15, 0.2) is 18.2 Å². The molecule has 1 aromatic carbocycles. The highest BCUT2D eigenvalue weighted by Gasteiger charge is 2.24. The van der Waals surface area contributed by atoms with Crippen LogP contribution in [0.4, 0.5) is 0 Å². The van der Waals surface area contributed by atoms with Crippen molar-refractivity contribution < 1.29 is 33.3 Å². The number of aryl methyl sites for hydroxylation is 1. The topological polar surface area (TPSA) is 104 Å². The molecule has 0 aliphatic heterocycles. The molecule has 0 bridgehead atoms. The minimum absolute atomic E-state index is 0.169. The molecule has 1 heterocycles. The third kappa shape index (κ3) is 4.33. The number of carbonyl (C=O) groups is 3. The number of methoxy groups -OCH3 is 2. The number of H-pyrrole nitrogens is 1. The number of hydrogen-bond acceptors (Lipinski definition) is 7. The highest BCUT2D eigenvalue weighted by Crippen LogP contribution is 2.25. The fraction of sp³-hybridized carbons (Fsp3) is 0.350. The maximum Gasteiger partial charge on any atom is 0.342 e. The van der Waals surface area contributed by atoms with Gasteiger partial charge < -0.3 is 23.9 Å². The first kappa shape index (κ1) is 21.0. The molecule has 1 N–H and O–H groups in total. The lowest BCUT2D eigenvalue weighted by Crippen LogP contribution is -2.16. The van der Waals surface area contributed by atoms with Gasteiger partial charge in [-0.15, -0.1) is 0 Å². The van der Waals surface area contributed by atoms with Crippen LogP contribution in [0.5, 0.6) is 11.5 Å². The Bertz CT molecular complexity index is 898. The van der Waals surface area contributed by atoms with Crippen LogP contribution in [0, 0.1) is 13.8 Å². The fourth-order valence-corrected chi connectivity index (χ4v) is 2.79. The van der Waals surface area contributed by atoms with Crippen molar-refractivity contribution in [3.8, 4) is 11.5 Å². The molecule has 0 unspecified atom stereocenters. The maximum atomic E-state index is 12.5. The molecule has 1 aromatic heterocycles. The van der Waals surface area contributed by atoms with Crippen molar-refractivity contribution in [1.29, 1.82) is 0 Å².